The molecule has 6 nitrogen and oxygen atoms in total. The Morgan fingerprint density at radius 2 is 2.19 bits per heavy atom. The standard InChI is InChI=1S/C14H13ClN4O2/c1-9-10(5-12(7-16)18(9)2)8-17-14-4-3-11(19(20)21)6-13(14)15/h3-6,17H,8H2,1-2H3. The van der Waals surface area contributed by atoms with Crippen molar-refractivity contribution < 1.29 is 4.92 Å². The molecular formula is C14H13ClN4O2. The molecule has 1 N–H and O–H groups in total. The molecule has 0 aliphatic carbocycles. The first-order valence-electron chi connectivity index (χ1n) is 6.17. The number of hydrogen-bond donors (Lipinski definition) is 1. The smallest absolute Gasteiger partial charge is 0.271 e. The topological polar surface area (TPSA) is 83.9 Å². The Balaban J connectivity index is 2.17. The molecule has 0 atom stereocenters. The maximum atomic E-state index is 10.7. The van der Waals surface area contributed by atoms with Gasteiger partial charge in [-0.25, -0.2) is 0 Å². The normalized spacial score (nSPS) is 10.2. The largest absolute Gasteiger partial charge is 0.380 e. The van der Waals surface area contributed by atoms with Gasteiger partial charge in [0.2, 0.25) is 0 Å². The first-order chi connectivity index (χ1) is 9.93. The van der Waals surface area contributed by atoms with Gasteiger partial charge >= 0.3 is 0 Å². The number of nitriles is 1. The molecule has 0 saturated heterocycles. The minimum atomic E-state index is -0.490. The van der Waals surface area contributed by atoms with Gasteiger partial charge in [-0.15, -0.1) is 0 Å². The maximum Gasteiger partial charge on any atom is 0.271 e. The molecule has 0 amide bonds. The lowest BCUT2D eigenvalue weighted by Gasteiger charge is -2.08. The van der Waals surface area contributed by atoms with E-state index < -0.39 is 4.92 Å². The second-order valence-corrected chi connectivity index (χ2v) is 4.99. The minimum absolute atomic E-state index is 0.0480. The van der Waals surface area contributed by atoms with Gasteiger partial charge in [0, 0.05) is 31.4 Å². The van der Waals surface area contributed by atoms with Crippen LogP contribution in [-0.2, 0) is 13.6 Å². The molecule has 1 aromatic heterocycles. The zero-order valence-corrected chi connectivity index (χ0v) is 12.3. The number of non-ortho nitro benzene ring substituents is 1. The van der Waals surface area contributed by atoms with Crippen LogP contribution in [-0.4, -0.2) is 9.49 Å². The zero-order chi connectivity index (χ0) is 15.6. The average molecular weight is 305 g/mol. The summed E-state index contributed by atoms with van der Waals surface area (Å²) in [5.41, 5.74) is 3.11. The van der Waals surface area contributed by atoms with Crippen LogP contribution in [0.25, 0.3) is 0 Å². The van der Waals surface area contributed by atoms with Crippen molar-refractivity contribution in [3.05, 3.63) is 56.4 Å². The van der Waals surface area contributed by atoms with E-state index >= 15 is 0 Å². The molecule has 0 unspecified atom stereocenters. The molecule has 0 saturated carbocycles. The molecule has 0 radical (unpaired) electrons. The van der Waals surface area contributed by atoms with E-state index in [2.05, 4.69) is 11.4 Å². The van der Waals surface area contributed by atoms with Crippen LogP contribution in [0.2, 0.25) is 5.02 Å². The molecule has 7 heteroatoms. The first-order valence-corrected chi connectivity index (χ1v) is 6.55. The van der Waals surface area contributed by atoms with Gasteiger partial charge in [-0.05, 0) is 24.6 Å². The third-order valence-electron chi connectivity index (χ3n) is 3.39. The lowest BCUT2D eigenvalue weighted by molar-refractivity contribution is -0.384. The van der Waals surface area contributed by atoms with Crippen molar-refractivity contribution in [3.63, 3.8) is 0 Å². The summed E-state index contributed by atoms with van der Waals surface area (Å²) >= 11 is 6.02. The van der Waals surface area contributed by atoms with Crippen molar-refractivity contribution in [1.29, 1.82) is 5.26 Å². The van der Waals surface area contributed by atoms with Gasteiger partial charge < -0.3 is 9.88 Å². The Hall–Kier alpha value is -2.52. The van der Waals surface area contributed by atoms with E-state index in [-0.39, 0.29) is 5.69 Å². The zero-order valence-electron chi connectivity index (χ0n) is 11.6. The molecule has 0 aliphatic rings. The lowest BCUT2D eigenvalue weighted by Crippen LogP contribution is -2.02. The summed E-state index contributed by atoms with van der Waals surface area (Å²) in [6.07, 6.45) is 0. The summed E-state index contributed by atoms with van der Waals surface area (Å²) < 4.78 is 1.81. The van der Waals surface area contributed by atoms with Crippen LogP contribution in [0, 0.1) is 28.4 Å². The number of anilines is 1. The molecular weight excluding hydrogens is 292 g/mol. The van der Waals surface area contributed by atoms with Crippen molar-refractivity contribution in [2.45, 2.75) is 13.5 Å². The molecule has 2 rings (SSSR count). The van der Waals surface area contributed by atoms with Crippen molar-refractivity contribution in [2.75, 3.05) is 5.32 Å². The highest BCUT2D eigenvalue weighted by molar-refractivity contribution is 6.33. The van der Waals surface area contributed by atoms with Crippen LogP contribution in [0.4, 0.5) is 11.4 Å². The minimum Gasteiger partial charge on any atom is -0.380 e. The fraction of sp³-hybridized carbons (Fsp3) is 0.214. The van der Waals surface area contributed by atoms with Crippen molar-refractivity contribution in [1.82, 2.24) is 4.57 Å². The van der Waals surface area contributed by atoms with Gasteiger partial charge in [0.05, 0.1) is 15.6 Å². The summed E-state index contributed by atoms with van der Waals surface area (Å²) in [6.45, 7) is 2.41. The number of nitro groups is 1. The fourth-order valence-corrected chi connectivity index (χ4v) is 2.24. The fourth-order valence-electron chi connectivity index (χ4n) is 2.00. The highest BCUT2D eigenvalue weighted by Crippen LogP contribution is 2.27. The third-order valence-corrected chi connectivity index (χ3v) is 3.70. The number of halogens is 1. The second kappa shape index (κ2) is 5.85. The summed E-state index contributed by atoms with van der Waals surface area (Å²) in [4.78, 5) is 10.2. The number of nitrogens with zero attached hydrogens (tertiary/aromatic N) is 3. The van der Waals surface area contributed by atoms with Crippen molar-refractivity contribution >= 4 is 23.0 Å². The monoisotopic (exact) mass is 304 g/mol. The molecule has 0 fully saturated rings. The molecule has 1 heterocycles. The predicted molar refractivity (Wildman–Crippen MR) is 80.3 cm³/mol. The van der Waals surface area contributed by atoms with Gasteiger partial charge in [0.1, 0.15) is 11.8 Å². The second-order valence-electron chi connectivity index (χ2n) is 4.59. The third kappa shape index (κ3) is 2.98. The Morgan fingerprint density at radius 1 is 1.48 bits per heavy atom. The number of aromatic nitrogens is 1. The van der Waals surface area contributed by atoms with E-state index in [0.29, 0.717) is 22.9 Å². The highest BCUT2D eigenvalue weighted by atomic mass is 35.5. The average Bonchev–Trinajstić information content (AvgIpc) is 2.73. The Morgan fingerprint density at radius 3 is 2.71 bits per heavy atom. The van der Waals surface area contributed by atoms with Crippen LogP contribution in [0.5, 0.6) is 0 Å². The summed E-state index contributed by atoms with van der Waals surface area (Å²) in [5, 5.41) is 23.1. The van der Waals surface area contributed by atoms with Gasteiger partial charge in [0.15, 0.2) is 0 Å². The molecule has 0 spiro atoms. The quantitative estimate of drug-likeness (QED) is 0.693. The van der Waals surface area contributed by atoms with Crippen LogP contribution in [0.3, 0.4) is 0 Å². The molecule has 1 aromatic carbocycles. The van der Waals surface area contributed by atoms with E-state index in [1.54, 1.807) is 6.07 Å². The van der Waals surface area contributed by atoms with Crippen LogP contribution in [0.1, 0.15) is 17.0 Å². The van der Waals surface area contributed by atoms with E-state index in [1.807, 2.05) is 24.6 Å². The Labute approximate surface area is 126 Å². The predicted octanol–water partition coefficient (Wildman–Crippen LogP) is 3.38. The van der Waals surface area contributed by atoms with Crippen LogP contribution < -0.4 is 5.32 Å². The Kier molecular flexibility index (Phi) is 4.15. The van der Waals surface area contributed by atoms with E-state index in [0.717, 1.165) is 11.3 Å². The number of nitrogens with one attached hydrogen (secondary N) is 1. The van der Waals surface area contributed by atoms with Crippen molar-refractivity contribution in [2.24, 2.45) is 7.05 Å². The molecule has 0 bridgehead atoms. The van der Waals surface area contributed by atoms with Gasteiger partial charge in [0.25, 0.3) is 5.69 Å². The first kappa shape index (κ1) is 14.9. The van der Waals surface area contributed by atoms with Gasteiger partial charge in [-0.2, -0.15) is 5.26 Å². The van der Waals surface area contributed by atoms with E-state index in [4.69, 9.17) is 16.9 Å². The number of rotatable bonds is 4. The van der Waals surface area contributed by atoms with Gasteiger partial charge in [-0.3, -0.25) is 10.1 Å². The van der Waals surface area contributed by atoms with Crippen LogP contribution in [0.15, 0.2) is 24.3 Å². The summed E-state index contributed by atoms with van der Waals surface area (Å²) in [5.74, 6) is 0. The molecule has 108 valence electrons. The SMILES string of the molecule is Cc1c(CNc2ccc([N+](=O)[O-])cc2Cl)cc(C#N)n1C. The van der Waals surface area contributed by atoms with E-state index in [1.165, 1.54) is 12.1 Å². The van der Waals surface area contributed by atoms with Gasteiger partial charge in [-0.1, -0.05) is 11.6 Å². The summed E-state index contributed by atoms with van der Waals surface area (Å²) in [7, 11) is 1.83. The van der Waals surface area contributed by atoms with E-state index in [9.17, 15) is 10.1 Å². The molecule has 21 heavy (non-hydrogen) atoms. The van der Waals surface area contributed by atoms with Crippen LogP contribution >= 0.6 is 11.6 Å². The molecule has 0 aliphatic heterocycles. The maximum absolute atomic E-state index is 10.7. The molecule has 2 aromatic rings. The van der Waals surface area contributed by atoms with Crippen molar-refractivity contribution in [3.8, 4) is 6.07 Å². The number of benzene rings is 1. The highest BCUT2D eigenvalue weighted by Gasteiger charge is 2.11. The number of nitro benzene ring substituents is 1. The Bertz CT molecular complexity index is 746. The number of hydrogen-bond acceptors (Lipinski definition) is 4. The summed E-state index contributed by atoms with van der Waals surface area (Å²) in [6, 6.07) is 8.20. The lowest BCUT2D eigenvalue weighted by atomic mass is 10.2.